The molecule has 1 aromatic rings. The standard InChI is InChI=1S/C11H19N3O2S/c1-3-16-9(8-4-5-8)10-13-11(17-14-10)12-6-7-15-2/h8-9H,3-7H2,1-2H3,(H,12,13,14). The molecule has 0 amide bonds. The summed E-state index contributed by atoms with van der Waals surface area (Å²) in [5, 5.41) is 4.04. The Morgan fingerprint density at radius 2 is 2.35 bits per heavy atom. The molecule has 1 aliphatic rings. The molecule has 1 unspecified atom stereocenters. The summed E-state index contributed by atoms with van der Waals surface area (Å²) in [6, 6.07) is 0. The van der Waals surface area contributed by atoms with Gasteiger partial charge in [0.15, 0.2) is 5.82 Å². The van der Waals surface area contributed by atoms with Gasteiger partial charge in [-0.05, 0) is 25.7 Å². The van der Waals surface area contributed by atoms with E-state index in [4.69, 9.17) is 9.47 Å². The predicted molar refractivity (Wildman–Crippen MR) is 67.4 cm³/mol. The maximum absolute atomic E-state index is 5.72. The van der Waals surface area contributed by atoms with Gasteiger partial charge in [0.25, 0.3) is 0 Å². The van der Waals surface area contributed by atoms with Crippen LogP contribution in [0.25, 0.3) is 0 Å². The summed E-state index contributed by atoms with van der Waals surface area (Å²) < 4.78 is 15.1. The lowest BCUT2D eigenvalue weighted by Crippen LogP contribution is -2.10. The lowest BCUT2D eigenvalue weighted by Gasteiger charge is -2.11. The summed E-state index contributed by atoms with van der Waals surface area (Å²) in [4.78, 5) is 4.48. The van der Waals surface area contributed by atoms with Gasteiger partial charge >= 0.3 is 0 Å². The molecule has 0 bridgehead atoms. The van der Waals surface area contributed by atoms with Crippen molar-refractivity contribution in [1.29, 1.82) is 0 Å². The van der Waals surface area contributed by atoms with E-state index in [1.165, 1.54) is 24.4 Å². The molecule has 17 heavy (non-hydrogen) atoms. The fourth-order valence-electron chi connectivity index (χ4n) is 1.68. The molecule has 0 aliphatic heterocycles. The molecular weight excluding hydrogens is 238 g/mol. The van der Waals surface area contributed by atoms with E-state index in [1.807, 2.05) is 6.92 Å². The van der Waals surface area contributed by atoms with E-state index in [0.29, 0.717) is 19.1 Å². The molecule has 0 aromatic carbocycles. The number of hydrogen-bond donors (Lipinski definition) is 1. The number of hydrogen-bond acceptors (Lipinski definition) is 6. The fraction of sp³-hybridized carbons (Fsp3) is 0.818. The fourth-order valence-corrected chi connectivity index (χ4v) is 2.31. The van der Waals surface area contributed by atoms with Gasteiger partial charge in [0.05, 0.1) is 6.61 Å². The zero-order valence-corrected chi connectivity index (χ0v) is 11.1. The van der Waals surface area contributed by atoms with Crippen LogP contribution in [0.3, 0.4) is 0 Å². The molecule has 1 N–H and O–H groups in total. The van der Waals surface area contributed by atoms with Crippen LogP contribution in [-0.4, -0.2) is 36.2 Å². The predicted octanol–water partition coefficient (Wildman–Crippen LogP) is 2.08. The maximum Gasteiger partial charge on any atom is 0.202 e. The molecule has 96 valence electrons. The van der Waals surface area contributed by atoms with Crippen molar-refractivity contribution in [3.63, 3.8) is 0 Å². The molecule has 0 radical (unpaired) electrons. The third-order valence-corrected chi connectivity index (χ3v) is 3.36. The average Bonchev–Trinajstić information content (AvgIpc) is 3.06. The van der Waals surface area contributed by atoms with Gasteiger partial charge in [-0.1, -0.05) is 0 Å². The van der Waals surface area contributed by atoms with Crippen LogP contribution in [0.2, 0.25) is 0 Å². The summed E-state index contributed by atoms with van der Waals surface area (Å²) in [6.07, 6.45) is 2.56. The van der Waals surface area contributed by atoms with Crippen LogP contribution in [0, 0.1) is 5.92 Å². The summed E-state index contributed by atoms with van der Waals surface area (Å²) in [5.41, 5.74) is 0. The topological polar surface area (TPSA) is 56.3 Å². The second kappa shape index (κ2) is 6.28. The van der Waals surface area contributed by atoms with Crippen molar-refractivity contribution >= 4 is 16.7 Å². The van der Waals surface area contributed by atoms with Crippen LogP contribution >= 0.6 is 11.5 Å². The van der Waals surface area contributed by atoms with Crippen molar-refractivity contribution in [2.75, 3.05) is 32.2 Å². The summed E-state index contributed by atoms with van der Waals surface area (Å²) in [5.74, 6) is 1.45. The van der Waals surface area contributed by atoms with E-state index in [9.17, 15) is 0 Å². The lowest BCUT2D eigenvalue weighted by atomic mass is 10.2. The molecule has 1 saturated carbocycles. The number of methoxy groups -OCH3 is 1. The Hall–Kier alpha value is -0.720. The van der Waals surface area contributed by atoms with Gasteiger partial charge in [0, 0.05) is 31.8 Å². The molecular formula is C11H19N3O2S. The number of nitrogens with zero attached hydrogens (tertiary/aromatic N) is 2. The second-order valence-electron chi connectivity index (χ2n) is 4.09. The van der Waals surface area contributed by atoms with Crippen LogP contribution in [-0.2, 0) is 9.47 Å². The number of ether oxygens (including phenoxy) is 2. The highest BCUT2D eigenvalue weighted by Gasteiger charge is 2.35. The van der Waals surface area contributed by atoms with Crippen molar-refractivity contribution in [1.82, 2.24) is 9.36 Å². The molecule has 5 nitrogen and oxygen atoms in total. The number of nitrogens with one attached hydrogen (secondary N) is 1. The van der Waals surface area contributed by atoms with Crippen LogP contribution in [0.1, 0.15) is 31.7 Å². The minimum atomic E-state index is 0.0919. The third-order valence-electron chi connectivity index (χ3n) is 2.68. The van der Waals surface area contributed by atoms with Crippen molar-refractivity contribution in [3.8, 4) is 0 Å². The van der Waals surface area contributed by atoms with Gasteiger partial charge < -0.3 is 14.8 Å². The zero-order valence-electron chi connectivity index (χ0n) is 10.3. The molecule has 6 heteroatoms. The van der Waals surface area contributed by atoms with Crippen LogP contribution in [0.4, 0.5) is 5.13 Å². The van der Waals surface area contributed by atoms with E-state index < -0.39 is 0 Å². The lowest BCUT2D eigenvalue weighted by molar-refractivity contribution is 0.0409. The van der Waals surface area contributed by atoms with Gasteiger partial charge in [0.1, 0.15) is 6.10 Å². The highest BCUT2D eigenvalue weighted by atomic mass is 32.1. The first-order valence-electron chi connectivity index (χ1n) is 6.03. The Balaban J connectivity index is 1.90. The molecule has 1 heterocycles. The van der Waals surface area contributed by atoms with Crippen molar-refractivity contribution < 1.29 is 9.47 Å². The van der Waals surface area contributed by atoms with Crippen molar-refractivity contribution in [2.45, 2.75) is 25.9 Å². The Labute approximate surface area is 106 Å². The number of anilines is 1. The first-order chi connectivity index (χ1) is 8.35. The minimum absolute atomic E-state index is 0.0919. The van der Waals surface area contributed by atoms with Gasteiger partial charge in [-0.25, -0.2) is 4.98 Å². The second-order valence-corrected chi connectivity index (χ2v) is 4.84. The van der Waals surface area contributed by atoms with Crippen LogP contribution in [0.5, 0.6) is 0 Å². The van der Waals surface area contributed by atoms with E-state index in [0.717, 1.165) is 17.5 Å². The smallest absolute Gasteiger partial charge is 0.202 e. The molecule has 1 aromatic heterocycles. The first kappa shape index (κ1) is 12.7. The van der Waals surface area contributed by atoms with Gasteiger partial charge in [-0.15, -0.1) is 0 Å². The van der Waals surface area contributed by atoms with Crippen molar-refractivity contribution in [2.24, 2.45) is 5.92 Å². The average molecular weight is 257 g/mol. The number of rotatable bonds is 8. The zero-order chi connectivity index (χ0) is 12.1. The summed E-state index contributed by atoms with van der Waals surface area (Å²) >= 11 is 1.39. The van der Waals surface area contributed by atoms with Gasteiger partial charge in [0.2, 0.25) is 5.13 Å². The molecule has 1 fully saturated rings. The van der Waals surface area contributed by atoms with Gasteiger partial charge in [-0.3, -0.25) is 0 Å². The Morgan fingerprint density at radius 3 is 3.00 bits per heavy atom. The first-order valence-corrected chi connectivity index (χ1v) is 6.80. The third kappa shape index (κ3) is 3.62. The van der Waals surface area contributed by atoms with Crippen LogP contribution in [0.15, 0.2) is 0 Å². The minimum Gasteiger partial charge on any atom is -0.383 e. The number of aromatic nitrogens is 2. The van der Waals surface area contributed by atoms with Gasteiger partial charge in [-0.2, -0.15) is 4.37 Å². The molecule has 1 atom stereocenters. The SMILES string of the molecule is CCOC(c1nsc(NCCOC)n1)C1CC1. The van der Waals surface area contributed by atoms with Crippen molar-refractivity contribution in [3.05, 3.63) is 5.82 Å². The van der Waals surface area contributed by atoms with E-state index in [1.54, 1.807) is 7.11 Å². The van der Waals surface area contributed by atoms with E-state index in [2.05, 4.69) is 14.7 Å². The van der Waals surface area contributed by atoms with Crippen LogP contribution < -0.4 is 5.32 Å². The monoisotopic (exact) mass is 257 g/mol. The van der Waals surface area contributed by atoms with E-state index in [-0.39, 0.29) is 6.10 Å². The normalized spacial score (nSPS) is 17.1. The molecule has 1 aliphatic carbocycles. The molecule has 0 saturated heterocycles. The highest BCUT2D eigenvalue weighted by Crippen LogP contribution is 2.42. The summed E-state index contributed by atoms with van der Waals surface area (Å²) in [6.45, 7) is 4.16. The maximum atomic E-state index is 5.72. The Bertz CT molecular complexity index is 341. The largest absolute Gasteiger partial charge is 0.383 e. The Morgan fingerprint density at radius 1 is 1.53 bits per heavy atom. The molecule has 2 rings (SSSR count). The highest BCUT2D eigenvalue weighted by molar-refractivity contribution is 7.09. The molecule has 0 spiro atoms. The quantitative estimate of drug-likeness (QED) is 0.723. The van der Waals surface area contributed by atoms with E-state index >= 15 is 0 Å². The summed E-state index contributed by atoms with van der Waals surface area (Å²) in [7, 11) is 1.69. The Kier molecular flexibility index (Phi) is 4.70.